The van der Waals surface area contributed by atoms with Crippen LogP contribution in [0, 0.1) is 6.92 Å². The van der Waals surface area contributed by atoms with Gasteiger partial charge in [-0.1, -0.05) is 17.7 Å². The van der Waals surface area contributed by atoms with Crippen molar-refractivity contribution in [3.05, 3.63) is 82.0 Å². The SMILES string of the molecule is COc1ccc(-c2cc3c4nn(CC(=O)Nc5ccc(C)c(Cl)c5)c(=O)n4ccn3n2)cc1. The fraction of sp³-hybridized carbons (Fsp3) is 0.130. The van der Waals surface area contributed by atoms with E-state index in [0.717, 1.165) is 27.3 Å². The number of carbonyl (C=O) groups is 1. The molecule has 5 aromatic rings. The monoisotopic (exact) mass is 462 g/mol. The quantitative estimate of drug-likeness (QED) is 0.432. The van der Waals surface area contributed by atoms with E-state index < -0.39 is 5.69 Å². The summed E-state index contributed by atoms with van der Waals surface area (Å²) >= 11 is 6.12. The number of methoxy groups -OCH3 is 1. The van der Waals surface area contributed by atoms with Crippen LogP contribution in [0.15, 0.2) is 65.7 Å². The minimum atomic E-state index is -0.420. The van der Waals surface area contributed by atoms with Gasteiger partial charge in [0.2, 0.25) is 5.91 Å². The van der Waals surface area contributed by atoms with Crippen molar-refractivity contribution in [3.63, 3.8) is 0 Å². The van der Waals surface area contributed by atoms with E-state index in [0.29, 0.717) is 21.9 Å². The molecule has 0 spiro atoms. The summed E-state index contributed by atoms with van der Waals surface area (Å²) in [7, 11) is 1.61. The van der Waals surface area contributed by atoms with Crippen molar-refractivity contribution in [2.45, 2.75) is 13.5 Å². The van der Waals surface area contributed by atoms with E-state index >= 15 is 0 Å². The molecule has 1 N–H and O–H groups in total. The molecule has 0 aliphatic carbocycles. The van der Waals surface area contributed by atoms with Gasteiger partial charge in [0.05, 0.1) is 12.8 Å². The number of amides is 1. The third-order valence-corrected chi connectivity index (χ3v) is 5.73. The first kappa shape index (κ1) is 20.8. The van der Waals surface area contributed by atoms with Gasteiger partial charge in [-0.2, -0.15) is 5.10 Å². The van der Waals surface area contributed by atoms with E-state index in [9.17, 15) is 9.59 Å². The molecule has 0 bridgehead atoms. The molecular formula is C23H19ClN6O3. The predicted octanol–water partition coefficient (Wildman–Crippen LogP) is 3.42. The first-order valence-corrected chi connectivity index (χ1v) is 10.5. The van der Waals surface area contributed by atoms with Crippen molar-refractivity contribution in [3.8, 4) is 17.0 Å². The number of aromatic nitrogens is 5. The lowest BCUT2D eigenvalue weighted by Crippen LogP contribution is -2.28. The maximum absolute atomic E-state index is 12.8. The predicted molar refractivity (Wildman–Crippen MR) is 125 cm³/mol. The van der Waals surface area contributed by atoms with Crippen LogP contribution in [0.1, 0.15) is 5.56 Å². The van der Waals surface area contributed by atoms with Crippen molar-refractivity contribution in [2.75, 3.05) is 12.4 Å². The van der Waals surface area contributed by atoms with Crippen molar-refractivity contribution in [1.29, 1.82) is 0 Å². The van der Waals surface area contributed by atoms with E-state index in [1.54, 1.807) is 36.2 Å². The van der Waals surface area contributed by atoms with Crippen molar-refractivity contribution >= 4 is 34.4 Å². The first-order valence-electron chi connectivity index (χ1n) is 10.1. The molecule has 0 aliphatic rings. The summed E-state index contributed by atoms with van der Waals surface area (Å²) in [5.74, 6) is 0.366. The van der Waals surface area contributed by atoms with Crippen molar-refractivity contribution in [2.24, 2.45) is 0 Å². The number of hydrogen-bond acceptors (Lipinski definition) is 5. The van der Waals surface area contributed by atoms with Crippen LogP contribution in [0.4, 0.5) is 5.69 Å². The Kier molecular flexibility index (Phi) is 5.10. The summed E-state index contributed by atoms with van der Waals surface area (Å²) in [6.45, 7) is 1.64. The molecule has 0 fully saturated rings. The molecule has 0 radical (unpaired) electrons. The minimum absolute atomic E-state index is 0.238. The Labute approximate surface area is 192 Å². The Morgan fingerprint density at radius 2 is 1.88 bits per heavy atom. The van der Waals surface area contributed by atoms with Gasteiger partial charge in [0.25, 0.3) is 0 Å². The molecule has 2 aromatic carbocycles. The lowest BCUT2D eigenvalue weighted by molar-refractivity contribution is -0.117. The van der Waals surface area contributed by atoms with E-state index in [4.69, 9.17) is 16.3 Å². The van der Waals surface area contributed by atoms with Gasteiger partial charge in [-0.25, -0.2) is 18.4 Å². The van der Waals surface area contributed by atoms with E-state index in [1.807, 2.05) is 43.3 Å². The number of nitrogens with zero attached hydrogens (tertiary/aromatic N) is 5. The number of halogens is 1. The van der Waals surface area contributed by atoms with Gasteiger partial charge in [-0.15, -0.1) is 5.10 Å². The van der Waals surface area contributed by atoms with Gasteiger partial charge in [-0.3, -0.25) is 4.79 Å². The molecule has 0 aliphatic heterocycles. The highest BCUT2D eigenvalue weighted by molar-refractivity contribution is 6.31. The number of nitrogens with one attached hydrogen (secondary N) is 1. The van der Waals surface area contributed by atoms with Crippen LogP contribution in [0.3, 0.4) is 0 Å². The molecule has 3 heterocycles. The molecule has 5 rings (SSSR count). The Bertz CT molecular complexity index is 1570. The lowest BCUT2D eigenvalue weighted by atomic mass is 10.1. The van der Waals surface area contributed by atoms with Gasteiger partial charge in [0.1, 0.15) is 17.8 Å². The molecule has 0 saturated carbocycles. The van der Waals surface area contributed by atoms with Crippen molar-refractivity contribution < 1.29 is 9.53 Å². The number of aryl methyl sites for hydroxylation is 1. The van der Waals surface area contributed by atoms with Crippen LogP contribution in [0.2, 0.25) is 5.02 Å². The van der Waals surface area contributed by atoms with Crippen molar-refractivity contribution in [1.82, 2.24) is 23.8 Å². The number of fused-ring (bicyclic) bond motifs is 3. The summed E-state index contributed by atoms with van der Waals surface area (Å²) in [5, 5.41) is 12.3. The first-order chi connectivity index (χ1) is 15.9. The van der Waals surface area contributed by atoms with Crippen LogP contribution in [-0.2, 0) is 11.3 Å². The third kappa shape index (κ3) is 3.83. The zero-order chi connectivity index (χ0) is 23.1. The molecule has 0 atom stereocenters. The molecular weight excluding hydrogens is 444 g/mol. The zero-order valence-electron chi connectivity index (χ0n) is 17.8. The number of anilines is 1. The van der Waals surface area contributed by atoms with E-state index in [2.05, 4.69) is 15.5 Å². The topological polar surface area (TPSA) is 94.9 Å². The highest BCUT2D eigenvalue weighted by atomic mass is 35.5. The largest absolute Gasteiger partial charge is 0.497 e. The number of carbonyl (C=O) groups excluding carboxylic acids is 1. The second kappa shape index (κ2) is 8.10. The summed E-state index contributed by atoms with van der Waals surface area (Å²) in [6, 6.07) is 14.6. The van der Waals surface area contributed by atoms with Crippen LogP contribution in [0.5, 0.6) is 5.75 Å². The fourth-order valence-electron chi connectivity index (χ4n) is 3.55. The minimum Gasteiger partial charge on any atom is -0.497 e. The molecule has 1 amide bonds. The fourth-order valence-corrected chi connectivity index (χ4v) is 3.73. The van der Waals surface area contributed by atoms with Crippen LogP contribution >= 0.6 is 11.6 Å². The zero-order valence-corrected chi connectivity index (χ0v) is 18.6. The Balaban J connectivity index is 1.46. The average Bonchev–Trinajstić information content (AvgIpc) is 3.38. The second-order valence-electron chi connectivity index (χ2n) is 7.53. The maximum atomic E-state index is 12.8. The number of hydrogen-bond donors (Lipinski definition) is 1. The highest BCUT2D eigenvalue weighted by Gasteiger charge is 2.15. The van der Waals surface area contributed by atoms with E-state index in [1.165, 1.54) is 4.40 Å². The second-order valence-corrected chi connectivity index (χ2v) is 7.94. The van der Waals surface area contributed by atoms with Crippen LogP contribution in [0.25, 0.3) is 22.4 Å². The molecule has 0 unspecified atom stereocenters. The normalized spacial score (nSPS) is 11.2. The van der Waals surface area contributed by atoms with Gasteiger partial charge in [-0.05, 0) is 55.0 Å². The highest BCUT2D eigenvalue weighted by Crippen LogP contribution is 2.24. The third-order valence-electron chi connectivity index (χ3n) is 5.33. The summed E-state index contributed by atoms with van der Waals surface area (Å²) in [4.78, 5) is 25.3. The van der Waals surface area contributed by atoms with Crippen LogP contribution < -0.4 is 15.7 Å². The Hall–Kier alpha value is -4.11. The molecule has 9 nitrogen and oxygen atoms in total. The smallest absolute Gasteiger partial charge is 0.350 e. The van der Waals surface area contributed by atoms with E-state index in [-0.39, 0.29) is 12.5 Å². The lowest BCUT2D eigenvalue weighted by Gasteiger charge is -2.06. The molecule has 10 heteroatoms. The Morgan fingerprint density at radius 3 is 2.61 bits per heavy atom. The number of rotatable bonds is 5. The average molecular weight is 463 g/mol. The van der Waals surface area contributed by atoms with Gasteiger partial charge >= 0.3 is 5.69 Å². The molecule has 166 valence electrons. The molecule has 0 saturated heterocycles. The number of ether oxygens (including phenoxy) is 1. The molecule has 3 aromatic heterocycles. The van der Waals surface area contributed by atoms with Gasteiger partial charge in [0, 0.05) is 28.7 Å². The maximum Gasteiger partial charge on any atom is 0.350 e. The summed E-state index contributed by atoms with van der Waals surface area (Å²) in [5.41, 5.74) is 3.71. The summed E-state index contributed by atoms with van der Waals surface area (Å²) in [6.07, 6.45) is 3.26. The Morgan fingerprint density at radius 1 is 1.09 bits per heavy atom. The molecule has 33 heavy (non-hydrogen) atoms. The van der Waals surface area contributed by atoms with Gasteiger partial charge < -0.3 is 10.1 Å². The number of benzene rings is 2. The standard InChI is InChI=1S/C23H19ClN6O3/c1-14-3-6-16(11-18(14)24)25-21(31)13-30-23(32)28-9-10-29-20(22(28)27-30)12-19(26-29)15-4-7-17(33-2)8-5-15/h3-12H,13H2,1-2H3,(H,25,31). The van der Waals surface area contributed by atoms with Crippen LogP contribution in [-0.4, -0.2) is 36.8 Å². The summed E-state index contributed by atoms with van der Waals surface area (Å²) < 4.78 is 9.37. The van der Waals surface area contributed by atoms with Gasteiger partial charge in [0.15, 0.2) is 5.65 Å².